The number of nitrogens with one attached hydrogen (secondary N) is 1. The highest BCUT2D eigenvalue weighted by atomic mass is 16.2. The number of amides is 1. The van der Waals surface area contributed by atoms with Crippen LogP contribution in [0.2, 0.25) is 0 Å². The zero-order chi connectivity index (χ0) is 22.2. The van der Waals surface area contributed by atoms with Gasteiger partial charge in [0.15, 0.2) is 0 Å². The van der Waals surface area contributed by atoms with Crippen molar-refractivity contribution in [1.29, 1.82) is 0 Å². The fraction of sp³-hybridized carbons (Fsp3) is 0.391. The van der Waals surface area contributed by atoms with E-state index in [0.717, 1.165) is 28.6 Å². The average molecular weight is 420 g/mol. The standard InChI is InChI=1S/C23H29N7O/c1-23(2,3)27-21-20(16-6-8-17(9-7-16)28(4)5)26-19-15-29(12-13-30(19)21)22(31)18-14-24-10-11-25-18/h6-11,14,27H,12-13,15H2,1-5H3. The van der Waals surface area contributed by atoms with Crippen molar-refractivity contribution in [3.63, 3.8) is 0 Å². The molecule has 2 aromatic heterocycles. The van der Waals surface area contributed by atoms with E-state index < -0.39 is 0 Å². The lowest BCUT2D eigenvalue weighted by Gasteiger charge is -2.30. The van der Waals surface area contributed by atoms with Gasteiger partial charge in [0.05, 0.1) is 12.7 Å². The van der Waals surface area contributed by atoms with E-state index in [1.165, 1.54) is 6.20 Å². The molecule has 3 heterocycles. The molecule has 4 rings (SSSR count). The van der Waals surface area contributed by atoms with Crippen LogP contribution in [-0.2, 0) is 13.1 Å². The zero-order valence-corrected chi connectivity index (χ0v) is 18.8. The molecule has 1 aliphatic rings. The number of hydrogen-bond acceptors (Lipinski definition) is 6. The molecule has 0 saturated heterocycles. The second-order valence-electron chi connectivity index (χ2n) is 9.01. The van der Waals surface area contributed by atoms with Crippen molar-refractivity contribution < 1.29 is 4.79 Å². The number of anilines is 2. The largest absolute Gasteiger partial charge is 0.378 e. The molecular formula is C23H29N7O. The number of imidazole rings is 1. The van der Waals surface area contributed by atoms with Gasteiger partial charge >= 0.3 is 0 Å². The van der Waals surface area contributed by atoms with Crippen molar-refractivity contribution in [1.82, 2.24) is 24.4 Å². The third kappa shape index (κ3) is 4.38. The van der Waals surface area contributed by atoms with E-state index in [1.807, 2.05) is 14.1 Å². The van der Waals surface area contributed by atoms with E-state index in [9.17, 15) is 4.79 Å². The van der Waals surface area contributed by atoms with Crippen molar-refractivity contribution in [2.24, 2.45) is 0 Å². The molecule has 3 aromatic rings. The van der Waals surface area contributed by atoms with Gasteiger partial charge in [0.25, 0.3) is 5.91 Å². The Hall–Kier alpha value is -3.42. The summed E-state index contributed by atoms with van der Waals surface area (Å²) in [4.78, 5) is 29.9. The van der Waals surface area contributed by atoms with Crippen LogP contribution >= 0.6 is 0 Å². The monoisotopic (exact) mass is 419 g/mol. The van der Waals surface area contributed by atoms with Gasteiger partial charge in [0, 0.05) is 56.4 Å². The van der Waals surface area contributed by atoms with Gasteiger partial charge in [-0.05, 0) is 32.9 Å². The normalized spacial score (nSPS) is 13.6. The van der Waals surface area contributed by atoms with E-state index >= 15 is 0 Å². The van der Waals surface area contributed by atoms with Crippen molar-refractivity contribution in [3.8, 4) is 11.3 Å². The van der Waals surface area contributed by atoms with E-state index in [0.29, 0.717) is 25.3 Å². The number of fused-ring (bicyclic) bond motifs is 1. The third-order valence-electron chi connectivity index (χ3n) is 5.19. The van der Waals surface area contributed by atoms with Gasteiger partial charge < -0.3 is 19.7 Å². The summed E-state index contributed by atoms with van der Waals surface area (Å²) in [5, 5.41) is 3.63. The number of carbonyl (C=O) groups excluding carboxylic acids is 1. The quantitative estimate of drug-likeness (QED) is 0.699. The summed E-state index contributed by atoms with van der Waals surface area (Å²) >= 11 is 0. The van der Waals surface area contributed by atoms with Crippen LogP contribution in [0.15, 0.2) is 42.9 Å². The minimum absolute atomic E-state index is 0.121. The van der Waals surface area contributed by atoms with Crippen LogP contribution < -0.4 is 10.2 Å². The summed E-state index contributed by atoms with van der Waals surface area (Å²) in [7, 11) is 4.05. The van der Waals surface area contributed by atoms with Crippen LogP contribution in [0.4, 0.5) is 11.5 Å². The maximum atomic E-state index is 12.9. The van der Waals surface area contributed by atoms with E-state index in [4.69, 9.17) is 4.98 Å². The molecule has 8 heteroatoms. The first kappa shape index (κ1) is 20.8. The summed E-state index contributed by atoms with van der Waals surface area (Å²) in [5.41, 5.74) is 3.32. The van der Waals surface area contributed by atoms with Crippen LogP contribution in [0.3, 0.4) is 0 Å². The van der Waals surface area contributed by atoms with Gasteiger partial charge in [-0.1, -0.05) is 12.1 Å². The van der Waals surface area contributed by atoms with Crippen LogP contribution in [0.1, 0.15) is 37.1 Å². The number of rotatable bonds is 4. The predicted octanol–water partition coefficient (Wildman–Crippen LogP) is 3.27. The molecule has 1 aromatic carbocycles. The van der Waals surface area contributed by atoms with Gasteiger partial charge in [-0.25, -0.2) is 9.97 Å². The van der Waals surface area contributed by atoms with Crippen molar-refractivity contribution in [3.05, 3.63) is 54.4 Å². The Kier molecular flexibility index (Phi) is 5.39. The Bertz CT molecular complexity index is 1070. The third-order valence-corrected chi connectivity index (χ3v) is 5.19. The first-order valence-electron chi connectivity index (χ1n) is 10.4. The van der Waals surface area contributed by atoms with E-state index in [-0.39, 0.29) is 11.4 Å². The number of hydrogen-bond donors (Lipinski definition) is 1. The summed E-state index contributed by atoms with van der Waals surface area (Å²) in [6.45, 7) is 8.11. The smallest absolute Gasteiger partial charge is 0.274 e. The minimum Gasteiger partial charge on any atom is -0.378 e. The molecule has 1 amide bonds. The molecule has 0 aliphatic carbocycles. The zero-order valence-electron chi connectivity index (χ0n) is 18.8. The SMILES string of the molecule is CN(C)c1ccc(-c2nc3n(c2NC(C)(C)C)CCN(C(=O)c2cnccn2)C3)cc1. The Labute approximate surface area is 182 Å². The molecule has 1 N–H and O–H groups in total. The topological polar surface area (TPSA) is 79.2 Å². The Morgan fingerprint density at radius 3 is 2.45 bits per heavy atom. The molecule has 31 heavy (non-hydrogen) atoms. The molecule has 0 bridgehead atoms. The van der Waals surface area contributed by atoms with Gasteiger partial charge in [0.1, 0.15) is 23.0 Å². The molecule has 0 atom stereocenters. The van der Waals surface area contributed by atoms with Gasteiger partial charge in [-0.15, -0.1) is 0 Å². The van der Waals surface area contributed by atoms with Crippen molar-refractivity contribution >= 4 is 17.4 Å². The maximum absolute atomic E-state index is 12.9. The average Bonchev–Trinajstić information content (AvgIpc) is 3.10. The lowest BCUT2D eigenvalue weighted by atomic mass is 10.1. The second kappa shape index (κ2) is 8.02. The Balaban J connectivity index is 1.69. The molecule has 8 nitrogen and oxygen atoms in total. The van der Waals surface area contributed by atoms with E-state index in [2.05, 4.69) is 69.8 Å². The van der Waals surface area contributed by atoms with Crippen LogP contribution in [0.25, 0.3) is 11.3 Å². The highest BCUT2D eigenvalue weighted by Gasteiger charge is 2.29. The molecule has 0 unspecified atom stereocenters. The summed E-state index contributed by atoms with van der Waals surface area (Å²) < 4.78 is 2.20. The summed E-state index contributed by atoms with van der Waals surface area (Å²) in [6.07, 6.45) is 4.62. The molecule has 0 fully saturated rings. The van der Waals surface area contributed by atoms with Crippen LogP contribution in [0.5, 0.6) is 0 Å². The lowest BCUT2D eigenvalue weighted by molar-refractivity contribution is 0.0701. The highest BCUT2D eigenvalue weighted by Crippen LogP contribution is 2.33. The predicted molar refractivity (Wildman–Crippen MR) is 122 cm³/mol. The number of carbonyl (C=O) groups is 1. The van der Waals surface area contributed by atoms with E-state index in [1.54, 1.807) is 17.3 Å². The molecule has 0 radical (unpaired) electrons. The molecule has 162 valence electrons. The number of nitrogens with zero attached hydrogens (tertiary/aromatic N) is 6. The second-order valence-corrected chi connectivity index (χ2v) is 9.01. The van der Waals surface area contributed by atoms with Crippen molar-refractivity contribution in [2.45, 2.75) is 39.4 Å². The van der Waals surface area contributed by atoms with Crippen LogP contribution in [-0.4, -0.2) is 56.5 Å². The van der Waals surface area contributed by atoms with Gasteiger partial charge in [0.2, 0.25) is 0 Å². The minimum atomic E-state index is -0.123. The summed E-state index contributed by atoms with van der Waals surface area (Å²) in [6, 6.07) is 8.39. The first-order valence-corrected chi connectivity index (χ1v) is 10.4. The van der Waals surface area contributed by atoms with Crippen molar-refractivity contribution in [2.75, 3.05) is 30.9 Å². The molecule has 1 aliphatic heterocycles. The molecule has 0 saturated carbocycles. The molecule has 0 spiro atoms. The number of benzene rings is 1. The Morgan fingerprint density at radius 1 is 1.10 bits per heavy atom. The lowest BCUT2D eigenvalue weighted by Crippen LogP contribution is -2.39. The fourth-order valence-corrected chi connectivity index (χ4v) is 3.68. The summed E-state index contributed by atoms with van der Waals surface area (Å²) in [5.74, 6) is 1.73. The molecular weight excluding hydrogens is 390 g/mol. The van der Waals surface area contributed by atoms with Gasteiger partial charge in [-0.2, -0.15) is 0 Å². The fourth-order valence-electron chi connectivity index (χ4n) is 3.68. The van der Waals surface area contributed by atoms with Gasteiger partial charge in [-0.3, -0.25) is 9.78 Å². The Morgan fingerprint density at radius 2 is 1.84 bits per heavy atom. The first-order chi connectivity index (χ1) is 14.7. The highest BCUT2D eigenvalue weighted by molar-refractivity contribution is 5.92. The number of aromatic nitrogens is 4. The maximum Gasteiger partial charge on any atom is 0.274 e. The van der Waals surface area contributed by atoms with Crippen LogP contribution in [0, 0.1) is 0 Å².